The summed E-state index contributed by atoms with van der Waals surface area (Å²) in [6.45, 7) is 3.28. The molecule has 1 N–H and O–H groups in total. The lowest BCUT2D eigenvalue weighted by Crippen LogP contribution is -2.53. The normalized spacial score (nSPS) is 11.7. The molecule has 2 amide bonds. The summed E-state index contributed by atoms with van der Waals surface area (Å²) in [5.41, 5.74) is 1.19. The first-order chi connectivity index (χ1) is 16.7. The van der Waals surface area contributed by atoms with Gasteiger partial charge in [0.25, 0.3) is 5.91 Å². The first-order valence-corrected chi connectivity index (χ1v) is 12.4. The van der Waals surface area contributed by atoms with E-state index in [2.05, 4.69) is 21.2 Å². The van der Waals surface area contributed by atoms with Crippen molar-refractivity contribution >= 4 is 39.3 Å². The number of halogens is 3. The summed E-state index contributed by atoms with van der Waals surface area (Å²) in [5, 5.41) is 3.42. The van der Waals surface area contributed by atoms with E-state index >= 15 is 0 Å². The zero-order valence-corrected chi connectivity index (χ0v) is 21.9. The molecule has 5 nitrogen and oxygen atoms in total. The minimum absolute atomic E-state index is 0.0837. The van der Waals surface area contributed by atoms with Gasteiger partial charge in [-0.15, -0.1) is 0 Å². The van der Waals surface area contributed by atoms with Crippen molar-refractivity contribution in [3.8, 4) is 5.75 Å². The van der Waals surface area contributed by atoms with Gasteiger partial charge in [0.05, 0.1) is 4.47 Å². The van der Waals surface area contributed by atoms with Crippen molar-refractivity contribution < 1.29 is 18.7 Å². The Morgan fingerprint density at radius 1 is 1.06 bits per heavy atom. The number of amides is 2. The quantitative estimate of drug-likeness (QED) is 0.341. The van der Waals surface area contributed by atoms with Crippen LogP contribution in [0.2, 0.25) is 5.02 Å². The predicted molar refractivity (Wildman–Crippen MR) is 139 cm³/mol. The number of hydrogen-bond donors (Lipinski definition) is 1. The molecule has 0 spiro atoms. The minimum Gasteiger partial charge on any atom is -0.483 e. The zero-order valence-electron chi connectivity index (χ0n) is 19.5. The monoisotopic (exact) mass is 560 g/mol. The van der Waals surface area contributed by atoms with E-state index in [1.165, 1.54) is 11.0 Å². The Bertz CT molecular complexity index is 1160. The highest BCUT2D eigenvalue weighted by Gasteiger charge is 2.31. The summed E-state index contributed by atoms with van der Waals surface area (Å²) in [6, 6.07) is 19.6. The van der Waals surface area contributed by atoms with Gasteiger partial charge in [0, 0.05) is 29.6 Å². The molecular formula is C27H27BrClFN2O3. The van der Waals surface area contributed by atoms with Crippen LogP contribution in [0, 0.1) is 5.82 Å². The van der Waals surface area contributed by atoms with Gasteiger partial charge in [0.15, 0.2) is 6.61 Å². The number of nitrogens with one attached hydrogen (secondary N) is 1. The Hall–Kier alpha value is -2.90. The Kier molecular flexibility index (Phi) is 9.69. The molecule has 0 radical (unpaired) electrons. The molecule has 0 aliphatic rings. The molecule has 3 aromatic carbocycles. The lowest BCUT2D eigenvalue weighted by molar-refractivity contribution is -0.143. The number of carbonyl (C=O) groups excluding carboxylic acids is 2. The van der Waals surface area contributed by atoms with Crippen molar-refractivity contribution in [2.75, 3.05) is 6.61 Å². The van der Waals surface area contributed by atoms with Gasteiger partial charge in [-0.3, -0.25) is 9.59 Å². The second-order valence-electron chi connectivity index (χ2n) is 8.35. The number of ether oxygens (including phenoxy) is 1. The summed E-state index contributed by atoms with van der Waals surface area (Å²) in [6.07, 6.45) is 0.268. The van der Waals surface area contributed by atoms with E-state index in [4.69, 9.17) is 16.3 Å². The van der Waals surface area contributed by atoms with E-state index in [9.17, 15) is 14.0 Å². The third-order valence-electron chi connectivity index (χ3n) is 5.25. The number of nitrogens with zero attached hydrogens (tertiary/aromatic N) is 1. The van der Waals surface area contributed by atoms with Gasteiger partial charge in [-0.2, -0.15) is 0 Å². The number of carbonyl (C=O) groups is 2. The highest BCUT2D eigenvalue weighted by atomic mass is 79.9. The van der Waals surface area contributed by atoms with Crippen LogP contribution in [0.3, 0.4) is 0 Å². The van der Waals surface area contributed by atoms with Gasteiger partial charge in [0.1, 0.15) is 17.6 Å². The molecule has 0 bridgehead atoms. The molecular weight excluding hydrogens is 535 g/mol. The molecule has 35 heavy (non-hydrogen) atoms. The Morgan fingerprint density at radius 3 is 2.40 bits per heavy atom. The summed E-state index contributed by atoms with van der Waals surface area (Å²) in [5.74, 6) is -0.787. The summed E-state index contributed by atoms with van der Waals surface area (Å²) in [4.78, 5) is 28.2. The fraction of sp³-hybridized carbons (Fsp3) is 0.259. The molecule has 0 aliphatic carbocycles. The average molecular weight is 562 g/mol. The van der Waals surface area contributed by atoms with Crippen LogP contribution in [0.15, 0.2) is 77.3 Å². The van der Waals surface area contributed by atoms with Crippen LogP contribution in [-0.4, -0.2) is 35.4 Å². The summed E-state index contributed by atoms with van der Waals surface area (Å²) >= 11 is 9.36. The van der Waals surface area contributed by atoms with E-state index in [1.807, 2.05) is 44.2 Å². The lowest BCUT2D eigenvalue weighted by Gasteiger charge is -2.32. The first kappa shape index (κ1) is 26.7. The van der Waals surface area contributed by atoms with E-state index in [1.54, 1.807) is 36.4 Å². The molecule has 0 saturated carbocycles. The van der Waals surface area contributed by atoms with Crippen LogP contribution in [0.5, 0.6) is 5.75 Å². The summed E-state index contributed by atoms with van der Waals surface area (Å²) < 4.78 is 20.9. The van der Waals surface area contributed by atoms with Crippen LogP contribution in [0.4, 0.5) is 4.39 Å². The van der Waals surface area contributed by atoms with Crippen molar-refractivity contribution in [1.82, 2.24) is 10.2 Å². The maximum Gasteiger partial charge on any atom is 0.261 e. The van der Waals surface area contributed by atoms with E-state index in [0.717, 1.165) is 5.56 Å². The fourth-order valence-electron chi connectivity index (χ4n) is 3.56. The SMILES string of the molecule is CC(C)NC(=O)[C@@H](Cc1ccccc1)N(Cc1ccccc1F)C(=O)COc1ccc(Cl)cc1Br. The van der Waals surface area contributed by atoms with Crippen molar-refractivity contribution in [3.05, 3.63) is 99.2 Å². The van der Waals surface area contributed by atoms with E-state index in [0.29, 0.717) is 20.8 Å². The number of hydrogen-bond acceptors (Lipinski definition) is 3. The van der Waals surface area contributed by atoms with Crippen LogP contribution < -0.4 is 10.1 Å². The van der Waals surface area contributed by atoms with Crippen LogP contribution in [-0.2, 0) is 22.6 Å². The molecule has 0 aromatic heterocycles. The van der Waals surface area contributed by atoms with Crippen LogP contribution in [0.1, 0.15) is 25.0 Å². The van der Waals surface area contributed by atoms with Crippen molar-refractivity contribution in [1.29, 1.82) is 0 Å². The lowest BCUT2D eigenvalue weighted by atomic mass is 10.0. The van der Waals surface area contributed by atoms with E-state index in [-0.39, 0.29) is 31.5 Å². The van der Waals surface area contributed by atoms with Gasteiger partial charge < -0.3 is 15.0 Å². The second kappa shape index (κ2) is 12.7. The molecule has 0 unspecified atom stereocenters. The first-order valence-electron chi connectivity index (χ1n) is 11.2. The average Bonchev–Trinajstić information content (AvgIpc) is 2.82. The molecule has 0 aliphatic heterocycles. The van der Waals surface area contributed by atoms with Gasteiger partial charge in [-0.25, -0.2) is 4.39 Å². The maximum absolute atomic E-state index is 14.6. The molecule has 3 aromatic rings. The Labute approximate surface area is 218 Å². The number of benzene rings is 3. The molecule has 1 atom stereocenters. The maximum atomic E-state index is 14.6. The molecule has 0 fully saturated rings. The topological polar surface area (TPSA) is 58.6 Å². The molecule has 8 heteroatoms. The molecule has 0 heterocycles. The third-order valence-corrected chi connectivity index (χ3v) is 6.10. The highest BCUT2D eigenvalue weighted by Crippen LogP contribution is 2.28. The number of rotatable bonds is 10. The Balaban J connectivity index is 1.93. The largest absolute Gasteiger partial charge is 0.483 e. The van der Waals surface area contributed by atoms with Crippen molar-refractivity contribution in [2.45, 2.75) is 38.9 Å². The molecule has 184 valence electrons. The smallest absolute Gasteiger partial charge is 0.261 e. The zero-order chi connectivity index (χ0) is 25.4. The Morgan fingerprint density at radius 2 is 1.74 bits per heavy atom. The standard InChI is InChI=1S/C27H27BrClFN2O3/c1-18(2)31-27(34)24(14-19-8-4-3-5-9-19)32(16-20-10-6-7-11-23(20)30)26(33)17-35-25-13-12-21(29)15-22(25)28/h3-13,15,18,24H,14,16-17H2,1-2H3,(H,31,34)/t24-/m1/s1. The second-order valence-corrected chi connectivity index (χ2v) is 9.64. The third kappa shape index (κ3) is 7.80. The van der Waals surface area contributed by atoms with Crippen molar-refractivity contribution in [3.63, 3.8) is 0 Å². The van der Waals surface area contributed by atoms with Gasteiger partial charge in [-0.05, 0) is 59.6 Å². The van der Waals surface area contributed by atoms with E-state index < -0.39 is 17.8 Å². The van der Waals surface area contributed by atoms with Gasteiger partial charge >= 0.3 is 0 Å². The minimum atomic E-state index is -0.871. The molecule has 0 saturated heterocycles. The van der Waals surface area contributed by atoms with Gasteiger partial charge in [-0.1, -0.05) is 60.1 Å². The van der Waals surface area contributed by atoms with Gasteiger partial charge in [0.2, 0.25) is 5.91 Å². The highest BCUT2D eigenvalue weighted by molar-refractivity contribution is 9.10. The van der Waals surface area contributed by atoms with Crippen LogP contribution in [0.25, 0.3) is 0 Å². The van der Waals surface area contributed by atoms with Crippen LogP contribution >= 0.6 is 27.5 Å². The fourth-order valence-corrected chi connectivity index (χ4v) is 4.36. The predicted octanol–water partition coefficient (Wildman–Crippen LogP) is 5.79. The summed E-state index contributed by atoms with van der Waals surface area (Å²) in [7, 11) is 0. The van der Waals surface area contributed by atoms with Crippen molar-refractivity contribution in [2.24, 2.45) is 0 Å². The molecule has 3 rings (SSSR count).